The third-order valence-corrected chi connectivity index (χ3v) is 6.12. The van der Waals surface area contributed by atoms with Gasteiger partial charge in [0.05, 0.1) is 0 Å². The Labute approximate surface area is 210 Å². The van der Waals surface area contributed by atoms with E-state index < -0.39 is 11.6 Å². The molecule has 4 heteroatoms. The second-order valence-corrected chi connectivity index (χ2v) is 10.4. The first-order chi connectivity index (χ1) is 16.6. The molecule has 3 aromatic carbocycles. The quantitative estimate of drug-likeness (QED) is 0.430. The van der Waals surface area contributed by atoms with Crippen molar-refractivity contribution in [1.82, 2.24) is 10.2 Å². The second-order valence-electron chi connectivity index (χ2n) is 10.4. The highest BCUT2D eigenvalue weighted by atomic mass is 16.2. The SMILES string of the molecule is Cc1ccc(CCC(=O)N(Cc2ccccc2C)[C@@H](Cc2ccccc2)C(=O)NC(C)(C)C)cc1. The summed E-state index contributed by atoms with van der Waals surface area (Å²) in [5.74, 6) is -0.141. The molecular weight excluding hydrogens is 432 g/mol. The number of amides is 2. The van der Waals surface area contributed by atoms with E-state index in [9.17, 15) is 9.59 Å². The fourth-order valence-corrected chi connectivity index (χ4v) is 4.13. The van der Waals surface area contributed by atoms with E-state index in [0.717, 1.165) is 22.3 Å². The fraction of sp³-hybridized carbons (Fsp3) is 0.355. The molecule has 1 N–H and O–H groups in total. The van der Waals surface area contributed by atoms with Crippen LogP contribution in [0.25, 0.3) is 0 Å². The monoisotopic (exact) mass is 470 g/mol. The fourth-order valence-electron chi connectivity index (χ4n) is 4.13. The molecule has 3 aromatic rings. The molecule has 0 fully saturated rings. The van der Waals surface area contributed by atoms with Gasteiger partial charge in [-0.2, -0.15) is 0 Å². The molecule has 4 nitrogen and oxygen atoms in total. The normalized spacial score (nSPS) is 12.1. The number of benzene rings is 3. The molecule has 2 amide bonds. The molecule has 0 aliphatic carbocycles. The predicted octanol–water partition coefficient (Wildman–Crippen LogP) is 5.79. The Hall–Kier alpha value is -3.40. The van der Waals surface area contributed by atoms with Crippen LogP contribution in [-0.4, -0.2) is 28.3 Å². The van der Waals surface area contributed by atoms with E-state index in [0.29, 0.717) is 25.8 Å². The van der Waals surface area contributed by atoms with E-state index in [2.05, 4.69) is 36.5 Å². The minimum absolute atomic E-state index is 0.0150. The first kappa shape index (κ1) is 26.2. The lowest BCUT2D eigenvalue weighted by molar-refractivity contribution is -0.141. The zero-order valence-corrected chi connectivity index (χ0v) is 21.7. The van der Waals surface area contributed by atoms with E-state index in [1.165, 1.54) is 5.56 Å². The highest BCUT2D eigenvalue weighted by Gasteiger charge is 2.32. The maximum Gasteiger partial charge on any atom is 0.243 e. The number of hydrogen-bond acceptors (Lipinski definition) is 2. The summed E-state index contributed by atoms with van der Waals surface area (Å²) in [5, 5.41) is 3.12. The van der Waals surface area contributed by atoms with Gasteiger partial charge >= 0.3 is 0 Å². The molecule has 0 aliphatic rings. The molecule has 0 saturated carbocycles. The highest BCUT2D eigenvalue weighted by molar-refractivity contribution is 5.88. The molecule has 3 rings (SSSR count). The highest BCUT2D eigenvalue weighted by Crippen LogP contribution is 2.19. The minimum atomic E-state index is -0.609. The molecule has 0 radical (unpaired) electrons. The minimum Gasteiger partial charge on any atom is -0.350 e. The molecule has 0 aromatic heterocycles. The van der Waals surface area contributed by atoms with E-state index >= 15 is 0 Å². The van der Waals surface area contributed by atoms with Crippen molar-refractivity contribution in [2.45, 2.75) is 72.0 Å². The van der Waals surface area contributed by atoms with Crippen molar-refractivity contribution in [2.75, 3.05) is 0 Å². The van der Waals surface area contributed by atoms with Crippen LogP contribution in [0.1, 0.15) is 55.0 Å². The summed E-state index contributed by atoms with van der Waals surface area (Å²) in [5.41, 5.74) is 5.12. The number of nitrogens with one attached hydrogen (secondary N) is 1. The van der Waals surface area contributed by atoms with Gasteiger partial charge < -0.3 is 10.2 Å². The van der Waals surface area contributed by atoms with Crippen molar-refractivity contribution in [3.63, 3.8) is 0 Å². The lowest BCUT2D eigenvalue weighted by atomic mass is 9.99. The van der Waals surface area contributed by atoms with Crippen LogP contribution in [0.2, 0.25) is 0 Å². The molecule has 0 saturated heterocycles. The molecule has 0 aliphatic heterocycles. The smallest absolute Gasteiger partial charge is 0.243 e. The first-order valence-electron chi connectivity index (χ1n) is 12.4. The molecule has 184 valence electrons. The summed E-state index contributed by atoms with van der Waals surface area (Å²) in [4.78, 5) is 29.1. The van der Waals surface area contributed by atoms with Gasteiger partial charge in [-0.05, 0) is 63.3 Å². The van der Waals surface area contributed by atoms with E-state index in [1.54, 1.807) is 4.90 Å². The van der Waals surface area contributed by atoms with Crippen molar-refractivity contribution < 1.29 is 9.59 Å². The summed E-state index contributed by atoms with van der Waals surface area (Å²) in [6, 6.07) is 25.7. The van der Waals surface area contributed by atoms with Crippen LogP contribution in [0.4, 0.5) is 0 Å². The number of hydrogen-bond donors (Lipinski definition) is 1. The summed E-state index contributed by atoms with van der Waals surface area (Å²) >= 11 is 0. The molecule has 1 atom stereocenters. The van der Waals surface area contributed by atoms with Gasteiger partial charge in [-0.3, -0.25) is 9.59 Å². The van der Waals surface area contributed by atoms with Crippen LogP contribution in [0.15, 0.2) is 78.9 Å². The Morgan fingerprint density at radius 1 is 0.829 bits per heavy atom. The molecule has 0 unspecified atom stereocenters. The van der Waals surface area contributed by atoms with Gasteiger partial charge in [0.25, 0.3) is 0 Å². The van der Waals surface area contributed by atoms with Gasteiger partial charge in [0.2, 0.25) is 11.8 Å². The van der Waals surface area contributed by atoms with Crippen molar-refractivity contribution in [3.8, 4) is 0 Å². The topological polar surface area (TPSA) is 49.4 Å². The Morgan fingerprint density at radius 3 is 2.09 bits per heavy atom. The molecule has 0 spiro atoms. The lowest BCUT2D eigenvalue weighted by Crippen LogP contribution is -2.54. The van der Waals surface area contributed by atoms with Gasteiger partial charge in [0.15, 0.2) is 0 Å². The van der Waals surface area contributed by atoms with Gasteiger partial charge in [-0.1, -0.05) is 84.4 Å². The summed E-state index contributed by atoms with van der Waals surface area (Å²) in [6.45, 7) is 10.4. The van der Waals surface area contributed by atoms with Gasteiger partial charge in [0.1, 0.15) is 6.04 Å². The van der Waals surface area contributed by atoms with Crippen LogP contribution in [0.3, 0.4) is 0 Å². The van der Waals surface area contributed by atoms with Crippen molar-refractivity contribution >= 4 is 11.8 Å². The zero-order chi connectivity index (χ0) is 25.4. The zero-order valence-electron chi connectivity index (χ0n) is 21.7. The van der Waals surface area contributed by atoms with Crippen molar-refractivity contribution in [1.29, 1.82) is 0 Å². The standard InChI is InChI=1S/C31H38N2O2/c1-23-15-17-25(18-16-23)19-20-29(34)33(22-27-14-10-9-11-24(27)2)28(30(35)32-31(3,4)5)21-26-12-7-6-8-13-26/h6-18,28H,19-22H2,1-5H3,(H,32,35)/t28-/m0/s1. The van der Waals surface area contributed by atoms with Crippen LogP contribution < -0.4 is 5.32 Å². The Bertz CT molecular complexity index is 1110. The van der Waals surface area contributed by atoms with Gasteiger partial charge in [-0.25, -0.2) is 0 Å². The lowest BCUT2D eigenvalue weighted by Gasteiger charge is -2.34. The number of nitrogens with zero attached hydrogens (tertiary/aromatic N) is 1. The third kappa shape index (κ3) is 8.10. The van der Waals surface area contributed by atoms with Crippen LogP contribution in [0.5, 0.6) is 0 Å². The number of carbonyl (C=O) groups is 2. The maximum atomic E-state index is 13.7. The Balaban J connectivity index is 1.93. The summed E-state index contributed by atoms with van der Waals surface area (Å²) in [6.07, 6.45) is 1.45. The Morgan fingerprint density at radius 2 is 1.46 bits per heavy atom. The summed E-state index contributed by atoms with van der Waals surface area (Å²) in [7, 11) is 0. The molecule has 0 heterocycles. The van der Waals surface area contributed by atoms with Crippen molar-refractivity contribution in [2.24, 2.45) is 0 Å². The van der Waals surface area contributed by atoms with Crippen LogP contribution in [-0.2, 0) is 29.0 Å². The largest absolute Gasteiger partial charge is 0.350 e. The van der Waals surface area contributed by atoms with E-state index in [1.807, 2.05) is 82.3 Å². The number of rotatable bonds is 9. The average molecular weight is 471 g/mol. The van der Waals surface area contributed by atoms with Gasteiger partial charge in [0, 0.05) is 24.9 Å². The molecule has 35 heavy (non-hydrogen) atoms. The van der Waals surface area contributed by atoms with E-state index in [4.69, 9.17) is 0 Å². The number of aryl methyl sites for hydroxylation is 3. The molecule has 0 bridgehead atoms. The maximum absolute atomic E-state index is 13.7. The summed E-state index contributed by atoms with van der Waals surface area (Å²) < 4.78 is 0. The third-order valence-electron chi connectivity index (χ3n) is 6.12. The van der Waals surface area contributed by atoms with Crippen LogP contribution >= 0.6 is 0 Å². The molecular formula is C31H38N2O2. The van der Waals surface area contributed by atoms with Crippen molar-refractivity contribution in [3.05, 3.63) is 107 Å². The average Bonchev–Trinajstić information content (AvgIpc) is 2.81. The Kier molecular flexibility index (Phi) is 8.86. The second kappa shape index (κ2) is 11.8. The van der Waals surface area contributed by atoms with Gasteiger partial charge in [-0.15, -0.1) is 0 Å². The first-order valence-corrected chi connectivity index (χ1v) is 12.4. The number of carbonyl (C=O) groups excluding carboxylic acids is 2. The predicted molar refractivity (Wildman–Crippen MR) is 143 cm³/mol. The van der Waals surface area contributed by atoms with Crippen LogP contribution in [0, 0.1) is 13.8 Å². The van der Waals surface area contributed by atoms with E-state index in [-0.39, 0.29) is 11.8 Å².